The Bertz CT molecular complexity index is 1740. The van der Waals surface area contributed by atoms with E-state index in [1.807, 2.05) is 20.8 Å². The quantitative estimate of drug-likeness (QED) is 0.329. The molecule has 1 aromatic carbocycles. The van der Waals surface area contributed by atoms with Gasteiger partial charge in [0.25, 0.3) is 0 Å². The maximum atomic E-state index is 14.2. The molecule has 14 heteroatoms. The van der Waals surface area contributed by atoms with Crippen LogP contribution in [0, 0.1) is 0 Å². The van der Waals surface area contributed by atoms with E-state index in [0.717, 1.165) is 6.07 Å². The van der Waals surface area contributed by atoms with Crippen molar-refractivity contribution >= 4 is 22.8 Å². The Morgan fingerprint density at radius 1 is 1.12 bits per heavy atom. The largest absolute Gasteiger partial charge is 0.416 e. The Balaban J connectivity index is 1.49. The Morgan fingerprint density at radius 3 is 2.50 bits per heavy atom. The van der Waals surface area contributed by atoms with E-state index in [1.165, 1.54) is 12.3 Å². The lowest BCUT2D eigenvalue weighted by Crippen LogP contribution is -2.25. The summed E-state index contributed by atoms with van der Waals surface area (Å²) in [5.74, 6) is -0.358. The van der Waals surface area contributed by atoms with Gasteiger partial charge in [-0.3, -0.25) is 9.48 Å². The van der Waals surface area contributed by atoms with E-state index < -0.39 is 29.6 Å². The Hall–Kier alpha value is -4.75. The summed E-state index contributed by atoms with van der Waals surface area (Å²) in [5, 5.41) is 10.6. The van der Waals surface area contributed by atoms with Crippen molar-refractivity contribution in [1.82, 2.24) is 39.8 Å². The summed E-state index contributed by atoms with van der Waals surface area (Å²) in [5.41, 5.74) is 7.00. The number of hydrogen-bond donors (Lipinski definition) is 2. The van der Waals surface area contributed by atoms with Gasteiger partial charge in [-0.15, -0.1) is 0 Å². The number of anilines is 1. The number of amides is 1. The van der Waals surface area contributed by atoms with Crippen LogP contribution >= 0.6 is 0 Å². The maximum Gasteiger partial charge on any atom is 0.416 e. The summed E-state index contributed by atoms with van der Waals surface area (Å²) in [6, 6.07) is 5.49. The van der Waals surface area contributed by atoms with Crippen LogP contribution in [0.1, 0.15) is 48.4 Å². The van der Waals surface area contributed by atoms with Gasteiger partial charge in [0.1, 0.15) is 5.52 Å². The molecule has 4 aromatic heterocycles. The fourth-order valence-corrected chi connectivity index (χ4v) is 4.24. The molecule has 0 saturated carbocycles. The van der Waals surface area contributed by atoms with Gasteiger partial charge in [0.05, 0.1) is 11.3 Å². The molecule has 0 aliphatic heterocycles. The molecule has 0 fully saturated rings. The third-order valence-electron chi connectivity index (χ3n) is 6.28. The summed E-state index contributed by atoms with van der Waals surface area (Å²) in [4.78, 5) is 25.6. The predicted molar refractivity (Wildman–Crippen MR) is 140 cm³/mol. The normalized spacial score (nSPS) is 12.3. The number of imidazole rings is 1. The van der Waals surface area contributed by atoms with E-state index >= 15 is 0 Å². The first-order valence-electron chi connectivity index (χ1n) is 12.2. The number of carbonyl (C=O) groups is 1. The lowest BCUT2D eigenvalue weighted by molar-refractivity contribution is -0.138. The summed E-state index contributed by atoms with van der Waals surface area (Å²) >= 11 is 0. The Morgan fingerprint density at radius 2 is 1.88 bits per heavy atom. The number of rotatable bonds is 5. The number of fused-ring (bicyclic) bond motifs is 1. The number of nitrogen functional groups attached to an aromatic ring is 1. The van der Waals surface area contributed by atoms with E-state index in [9.17, 15) is 18.0 Å². The number of aromatic nitrogens is 7. The highest BCUT2D eigenvalue weighted by molar-refractivity contribution is 5.93. The van der Waals surface area contributed by atoms with Crippen LogP contribution in [0.5, 0.6) is 0 Å². The molecule has 5 rings (SSSR count). The maximum absolute atomic E-state index is 14.2. The van der Waals surface area contributed by atoms with Gasteiger partial charge in [-0.2, -0.15) is 23.3 Å². The number of nitrogens with two attached hydrogens (primary N) is 1. The highest BCUT2D eigenvalue weighted by atomic mass is 19.4. The van der Waals surface area contributed by atoms with Crippen molar-refractivity contribution in [2.75, 3.05) is 5.73 Å². The molecule has 0 aliphatic rings. The first-order valence-corrected chi connectivity index (χ1v) is 12.2. The molecule has 5 aromatic rings. The van der Waals surface area contributed by atoms with Crippen LogP contribution < -0.4 is 11.1 Å². The van der Waals surface area contributed by atoms with Crippen molar-refractivity contribution in [1.29, 1.82) is 0 Å². The monoisotopic (exact) mass is 553 g/mol. The van der Waals surface area contributed by atoms with Gasteiger partial charge < -0.3 is 20.1 Å². The third kappa shape index (κ3) is 4.87. The molecule has 0 saturated heterocycles. The number of nitrogens with one attached hydrogen (secondary N) is 1. The van der Waals surface area contributed by atoms with Gasteiger partial charge in [0.2, 0.25) is 0 Å². The zero-order valence-corrected chi connectivity index (χ0v) is 22.3. The van der Waals surface area contributed by atoms with Crippen molar-refractivity contribution in [3.63, 3.8) is 0 Å². The minimum atomic E-state index is -4.69. The van der Waals surface area contributed by atoms with Crippen LogP contribution in [-0.4, -0.2) is 40.4 Å². The van der Waals surface area contributed by atoms with Gasteiger partial charge in [-0.05, 0) is 23.3 Å². The second-order valence-electron chi connectivity index (χ2n) is 10.4. The number of alkyl halides is 3. The number of aryl methyl sites for hydroxylation is 2. The lowest BCUT2D eigenvalue weighted by atomic mass is 9.96. The number of carbonyl (C=O) groups excluding carboxylic acids is 1. The van der Waals surface area contributed by atoms with Crippen LogP contribution in [0.15, 0.2) is 41.2 Å². The van der Waals surface area contributed by atoms with Crippen LogP contribution in [0.3, 0.4) is 0 Å². The molecular weight excluding hydrogens is 527 g/mol. The Kier molecular flexibility index (Phi) is 6.35. The number of hydrogen-bond acceptors (Lipinski definition) is 8. The highest BCUT2D eigenvalue weighted by Crippen LogP contribution is 2.37. The molecular formula is C26H26F3N9O2. The summed E-state index contributed by atoms with van der Waals surface area (Å²) in [6.45, 7) is 5.12. The highest BCUT2D eigenvalue weighted by Gasteiger charge is 2.34. The van der Waals surface area contributed by atoms with Crippen molar-refractivity contribution in [2.24, 2.45) is 14.1 Å². The smallest absolute Gasteiger partial charge is 0.396 e. The van der Waals surface area contributed by atoms with E-state index in [-0.39, 0.29) is 17.0 Å². The molecule has 0 aliphatic carbocycles. The summed E-state index contributed by atoms with van der Waals surface area (Å²) in [6.07, 6.45) is -1.55. The minimum Gasteiger partial charge on any atom is -0.396 e. The lowest BCUT2D eigenvalue weighted by Gasteiger charge is -2.15. The van der Waals surface area contributed by atoms with Crippen LogP contribution in [0.2, 0.25) is 0 Å². The zero-order chi connectivity index (χ0) is 29.0. The second kappa shape index (κ2) is 9.47. The molecule has 1 amide bonds. The summed E-state index contributed by atoms with van der Waals surface area (Å²) < 4.78 is 50.7. The molecule has 0 atom stereocenters. The van der Waals surface area contributed by atoms with Gasteiger partial charge in [0.15, 0.2) is 23.0 Å². The number of benzene rings is 1. The number of pyridine rings is 1. The SMILES string of the molecule is Cn1cc(N)c(-c2nc3c(-c4ccc(CNC(=O)c5nc(C(C)(C)C)no5)c(C(F)(F)F)c4)ccnc3n2C)n1. The molecule has 208 valence electrons. The molecule has 4 heterocycles. The minimum absolute atomic E-state index is 0.131. The molecule has 0 bridgehead atoms. The van der Waals surface area contributed by atoms with Gasteiger partial charge >= 0.3 is 18.0 Å². The fourth-order valence-electron chi connectivity index (χ4n) is 4.24. The van der Waals surface area contributed by atoms with Crippen molar-refractivity contribution in [3.05, 3.63) is 59.5 Å². The van der Waals surface area contributed by atoms with Crippen molar-refractivity contribution in [3.8, 4) is 22.6 Å². The fraction of sp³-hybridized carbons (Fsp3) is 0.308. The van der Waals surface area contributed by atoms with Crippen molar-refractivity contribution < 1.29 is 22.5 Å². The molecule has 0 radical (unpaired) electrons. The van der Waals surface area contributed by atoms with E-state index in [4.69, 9.17) is 10.3 Å². The van der Waals surface area contributed by atoms with E-state index in [2.05, 4.69) is 30.5 Å². The van der Waals surface area contributed by atoms with Gasteiger partial charge in [-0.25, -0.2) is 9.97 Å². The number of halogens is 3. The predicted octanol–water partition coefficient (Wildman–Crippen LogP) is 4.25. The molecule has 11 nitrogen and oxygen atoms in total. The molecule has 3 N–H and O–H groups in total. The van der Waals surface area contributed by atoms with Crippen molar-refractivity contribution in [2.45, 2.75) is 38.9 Å². The average Bonchev–Trinajstić information content (AvgIpc) is 3.59. The van der Waals surface area contributed by atoms with Crippen LogP contribution in [0.4, 0.5) is 18.9 Å². The van der Waals surface area contributed by atoms with Gasteiger partial charge in [-0.1, -0.05) is 38.1 Å². The number of nitrogens with zero attached hydrogens (tertiary/aromatic N) is 7. The van der Waals surface area contributed by atoms with E-state index in [1.54, 1.807) is 41.7 Å². The molecule has 0 spiro atoms. The molecule has 40 heavy (non-hydrogen) atoms. The topological polar surface area (TPSA) is 143 Å². The van der Waals surface area contributed by atoms with Gasteiger partial charge in [0, 0.05) is 44.0 Å². The standard InChI is InChI=1S/C26H26F3N9O2/c1-25(2,3)24-34-23(40-36-24)22(39)32-11-14-7-6-13(10-16(14)26(27,28)29)15-8-9-31-20-18(15)33-21(38(20)5)19-17(30)12-37(4)35-19/h6-10,12H,11,30H2,1-5H3,(H,32,39). The zero-order valence-electron chi connectivity index (χ0n) is 22.3. The first-order chi connectivity index (χ1) is 18.7. The second-order valence-corrected chi connectivity index (χ2v) is 10.4. The molecule has 0 unspecified atom stereocenters. The summed E-state index contributed by atoms with van der Waals surface area (Å²) in [7, 11) is 3.45. The Labute approximate surface area is 226 Å². The van der Waals surface area contributed by atoms with Crippen LogP contribution in [-0.2, 0) is 32.2 Å². The first kappa shape index (κ1) is 26.8. The van der Waals surface area contributed by atoms with Crippen LogP contribution in [0.25, 0.3) is 33.8 Å². The van der Waals surface area contributed by atoms with E-state index in [0.29, 0.717) is 39.8 Å². The average molecular weight is 554 g/mol. The third-order valence-corrected chi connectivity index (χ3v) is 6.28.